The van der Waals surface area contributed by atoms with Gasteiger partial charge in [-0.15, -0.1) is 0 Å². The first-order valence-corrected chi connectivity index (χ1v) is 11.0. The van der Waals surface area contributed by atoms with Gasteiger partial charge in [0.1, 0.15) is 5.82 Å². The van der Waals surface area contributed by atoms with Gasteiger partial charge in [-0.05, 0) is 23.8 Å². The van der Waals surface area contributed by atoms with E-state index in [-0.39, 0.29) is 22.2 Å². The fourth-order valence-electron chi connectivity index (χ4n) is 3.29. The number of hydrogen-bond acceptors (Lipinski definition) is 7. The van der Waals surface area contributed by atoms with Crippen LogP contribution in [-0.2, 0) is 6.42 Å². The lowest BCUT2D eigenvalue weighted by Gasteiger charge is -2.34. The molecule has 8 nitrogen and oxygen atoms in total. The van der Waals surface area contributed by atoms with Crippen LogP contribution in [0.4, 0.5) is 10.8 Å². The van der Waals surface area contributed by atoms with E-state index in [9.17, 15) is 14.9 Å². The van der Waals surface area contributed by atoms with Crippen LogP contribution in [0.1, 0.15) is 21.7 Å². The summed E-state index contributed by atoms with van der Waals surface area (Å²) in [6.07, 6.45) is 0.630. The Morgan fingerprint density at radius 1 is 1.10 bits per heavy atom. The molecule has 11 heteroatoms. The first-order valence-electron chi connectivity index (χ1n) is 9.46. The number of aromatic nitrogens is 2. The van der Waals surface area contributed by atoms with E-state index in [1.165, 1.54) is 29.7 Å². The number of nitro groups is 1. The molecule has 0 bridgehead atoms. The average molecular weight is 478 g/mol. The van der Waals surface area contributed by atoms with Gasteiger partial charge >= 0.3 is 0 Å². The van der Waals surface area contributed by atoms with E-state index in [1.807, 2.05) is 24.3 Å². The third-order valence-corrected chi connectivity index (χ3v) is 6.34. The highest BCUT2D eigenvalue weighted by atomic mass is 35.5. The molecule has 0 unspecified atom stereocenters. The molecule has 4 rings (SSSR count). The van der Waals surface area contributed by atoms with Gasteiger partial charge in [-0.25, -0.2) is 4.98 Å². The molecular formula is C20H17Cl2N5O3S. The summed E-state index contributed by atoms with van der Waals surface area (Å²) in [5.74, 6) is 0.513. The van der Waals surface area contributed by atoms with Gasteiger partial charge < -0.3 is 9.80 Å². The molecule has 1 fully saturated rings. The second kappa shape index (κ2) is 9.17. The summed E-state index contributed by atoms with van der Waals surface area (Å²) in [4.78, 5) is 31.5. The molecule has 1 aliphatic heterocycles. The minimum absolute atomic E-state index is 0.0811. The molecule has 0 radical (unpaired) electrons. The summed E-state index contributed by atoms with van der Waals surface area (Å²) in [5.41, 5.74) is 1.21. The maximum absolute atomic E-state index is 12.8. The van der Waals surface area contributed by atoms with Gasteiger partial charge in [0.15, 0.2) is 0 Å². The minimum atomic E-state index is -0.540. The number of anilines is 1. The second-order valence-electron chi connectivity index (χ2n) is 7.00. The monoisotopic (exact) mass is 477 g/mol. The summed E-state index contributed by atoms with van der Waals surface area (Å²) < 4.78 is 4.45. The quantitative estimate of drug-likeness (QED) is 0.401. The SMILES string of the molecule is O=C(c1ccc([N+](=O)[O-])cc1Cl)N1CCN(c2nc(Cc3ccc(Cl)cc3)ns2)CC1. The number of nitro benzene ring substituents is 1. The standard InChI is InChI=1S/C20H17Cl2N5O3S/c21-14-3-1-13(2-4-14)11-18-23-20(31-24-18)26-9-7-25(8-10-26)19(28)16-6-5-15(27(29)30)12-17(16)22/h1-6,12H,7-11H2. The van der Waals surface area contributed by atoms with Crippen molar-refractivity contribution in [1.29, 1.82) is 0 Å². The summed E-state index contributed by atoms with van der Waals surface area (Å²) in [6.45, 7) is 2.23. The van der Waals surface area contributed by atoms with Gasteiger partial charge in [-0.3, -0.25) is 14.9 Å². The summed E-state index contributed by atoms with van der Waals surface area (Å²) in [6, 6.07) is 11.5. The van der Waals surface area contributed by atoms with Crippen LogP contribution in [0, 0.1) is 10.1 Å². The van der Waals surface area contributed by atoms with Crippen molar-refractivity contribution in [2.45, 2.75) is 6.42 Å². The normalized spacial score (nSPS) is 14.0. The van der Waals surface area contributed by atoms with E-state index in [0.717, 1.165) is 16.5 Å². The third-order valence-electron chi connectivity index (χ3n) is 4.96. The lowest BCUT2D eigenvalue weighted by atomic mass is 10.1. The van der Waals surface area contributed by atoms with Gasteiger partial charge in [0.2, 0.25) is 5.13 Å². The van der Waals surface area contributed by atoms with Gasteiger partial charge in [-0.1, -0.05) is 35.3 Å². The smallest absolute Gasteiger partial charge is 0.270 e. The van der Waals surface area contributed by atoms with E-state index in [0.29, 0.717) is 37.6 Å². The Kier molecular flexibility index (Phi) is 6.35. The molecule has 0 N–H and O–H groups in total. The van der Waals surface area contributed by atoms with Crippen molar-refractivity contribution < 1.29 is 9.72 Å². The van der Waals surface area contributed by atoms with E-state index in [1.54, 1.807) is 4.90 Å². The van der Waals surface area contributed by atoms with E-state index >= 15 is 0 Å². The van der Waals surface area contributed by atoms with Crippen LogP contribution in [0.2, 0.25) is 10.0 Å². The lowest BCUT2D eigenvalue weighted by molar-refractivity contribution is -0.384. The maximum Gasteiger partial charge on any atom is 0.270 e. The molecule has 1 aromatic heterocycles. The number of halogens is 2. The number of carbonyl (C=O) groups excluding carboxylic acids is 1. The topological polar surface area (TPSA) is 92.5 Å². The number of rotatable bonds is 5. The largest absolute Gasteiger partial charge is 0.343 e. The number of hydrogen-bond donors (Lipinski definition) is 0. The van der Waals surface area contributed by atoms with Crippen LogP contribution >= 0.6 is 34.7 Å². The van der Waals surface area contributed by atoms with Crippen molar-refractivity contribution in [3.05, 3.63) is 79.6 Å². The molecule has 1 aliphatic rings. The molecule has 1 amide bonds. The lowest BCUT2D eigenvalue weighted by Crippen LogP contribution is -2.48. The van der Waals surface area contributed by atoms with Crippen LogP contribution < -0.4 is 4.90 Å². The number of non-ortho nitro benzene ring substituents is 1. The highest BCUT2D eigenvalue weighted by Gasteiger charge is 2.26. The van der Waals surface area contributed by atoms with Crippen LogP contribution in [0.5, 0.6) is 0 Å². The predicted octanol–water partition coefficient (Wildman–Crippen LogP) is 4.31. The zero-order valence-corrected chi connectivity index (χ0v) is 18.5. The van der Waals surface area contributed by atoms with Gasteiger partial charge in [0.25, 0.3) is 11.6 Å². The molecule has 0 atom stereocenters. The molecular weight excluding hydrogens is 461 g/mol. The van der Waals surface area contributed by atoms with Crippen LogP contribution in [0.25, 0.3) is 0 Å². The Bertz CT molecular complexity index is 1110. The van der Waals surface area contributed by atoms with Gasteiger partial charge in [0.05, 0.1) is 15.5 Å². The zero-order chi connectivity index (χ0) is 22.0. The van der Waals surface area contributed by atoms with Crippen LogP contribution in [0.15, 0.2) is 42.5 Å². The van der Waals surface area contributed by atoms with Crippen LogP contribution in [0.3, 0.4) is 0 Å². The summed E-state index contributed by atoms with van der Waals surface area (Å²) in [7, 11) is 0. The molecule has 2 aromatic carbocycles. The third kappa shape index (κ3) is 4.95. The molecule has 1 saturated heterocycles. The fourth-order valence-corrected chi connectivity index (χ4v) is 4.41. The van der Waals surface area contributed by atoms with Crippen molar-refractivity contribution >= 4 is 51.5 Å². The van der Waals surface area contributed by atoms with Gasteiger partial charge in [0, 0.05) is 61.3 Å². The molecule has 2 heterocycles. The number of benzene rings is 2. The first-order chi connectivity index (χ1) is 14.9. The summed E-state index contributed by atoms with van der Waals surface area (Å²) in [5, 5.41) is 12.5. The number of carbonyl (C=O) groups is 1. The second-order valence-corrected chi connectivity index (χ2v) is 8.57. The van der Waals surface area contributed by atoms with Crippen molar-refractivity contribution in [2.75, 3.05) is 31.1 Å². The minimum Gasteiger partial charge on any atom is -0.343 e. The first kappa shape index (κ1) is 21.5. The van der Waals surface area contributed by atoms with Crippen LogP contribution in [-0.4, -0.2) is 51.3 Å². The van der Waals surface area contributed by atoms with Gasteiger partial charge in [-0.2, -0.15) is 4.37 Å². The highest BCUT2D eigenvalue weighted by molar-refractivity contribution is 7.09. The Hall–Kier alpha value is -2.75. The fraction of sp³-hybridized carbons (Fsp3) is 0.250. The Morgan fingerprint density at radius 2 is 1.81 bits per heavy atom. The molecule has 0 spiro atoms. The van der Waals surface area contributed by atoms with Crippen molar-refractivity contribution in [2.24, 2.45) is 0 Å². The Balaban J connectivity index is 1.36. The summed E-state index contributed by atoms with van der Waals surface area (Å²) >= 11 is 13.4. The van der Waals surface area contributed by atoms with E-state index in [4.69, 9.17) is 23.2 Å². The Morgan fingerprint density at radius 3 is 2.45 bits per heavy atom. The van der Waals surface area contributed by atoms with Crippen molar-refractivity contribution in [3.63, 3.8) is 0 Å². The highest BCUT2D eigenvalue weighted by Crippen LogP contribution is 2.25. The van der Waals surface area contributed by atoms with E-state index < -0.39 is 4.92 Å². The zero-order valence-electron chi connectivity index (χ0n) is 16.2. The molecule has 160 valence electrons. The predicted molar refractivity (Wildman–Crippen MR) is 120 cm³/mol. The average Bonchev–Trinajstić information content (AvgIpc) is 3.23. The molecule has 3 aromatic rings. The number of piperazine rings is 1. The molecule has 0 aliphatic carbocycles. The maximum atomic E-state index is 12.8. The molecule has 31 heavy (non-hydrogen) atoms. The Labute approximate surface area is 192 Å². The van der Waals surface area contributed by atoms with E-state index in [2.05, 4.69) is 14.3 Å². The van der Waals surface area contributed by atoms with Crippen molar-refractivity contribution in [3.8, 4) is 0 Å². The number of nitrogens with zero attached hydrogens (tertiary/aromatic N) is 5. The molecule has 0 saturated carbocycles. The van der Waals surface area contributed by atoms with Crippen molar-refractivity contribution in [1.82, 2.24) is 14.3 Å². The number of amides is 1.